The molecule has 0 aromatic carbocycles. The van der Waals surface area contributed by atoms with Crippen LogP contribution in [-0.2, 0) is 11.3 Å². The molecular weight excluding hydrogens is 384 g/mol. The molecule has 0 radical (unpaired) electrons. The summed E-state index contributed by atoms with van der Waals surface area (Å²) in [6, 6.07) is 6.90. The number of amides is 1. The highest BCUT2D eigenvalue weighted by atomic mass is 16.2. The molecule has 0 bridgehead atoms. The third kappa shape index (κ3) is 4.07. The zero-order chi connectivity index (χ0) is 21.3. The van der Waals surface area contributed by atoms with Crippen LogP contribution < -0.4 is 10.5 Å². The summed E-state index contributed by atoms with van der Waals surface area (Å²) in [7, 11) is 0. The average Bonchev–Trinajstić information content (AvgIpc) is 3.07. The van der Waals surface area contributed by atoms with Gasteiger partial charge in [0.1, 0.15) is 18.2 Å². The van der Waals surface area contributed by atoms with Gasteiger partial charge in [0.2, 0.25) is 5.91 Å². The number of hydrogen-bond acceptors (Lipinski definition) is 7. The van der Waals surface area contributed by atoms with E-state index in [1.807, 2.05) is 37.6 Å². The summed E-state index contributed by atoms with van der Waals surface area (Å²) < 4.78 is 3.00. The maximum absolute atomic E-state index is 12.6. The molecule has 1 amide bonds. The number of hydrogen-bond donors (Lipinski definition) is 0. The largest absolute Gasteiger partial charge is 0.353 e. The lowest BCUT2D eigenvalue weighted by Crippen LogP contribution is -2.50. The first-order valence-corrected chi connectivity index (χ1v) is 9.85. The van der Waals surface area contributed by atoms with Crippen LogP contribution in [-0.4, -0.2) is 66.5 Å². The molecule has 3 aromatic rings. The average molecular weight is 408 g/mol. The summed E-state index contributed by atoms with van der Waals surface area (Å²) in [4.78, 5) is 37.4. The summed E-state index contributed by atoms with van der Waals surface area (Å²) >= 11 is 0. The van der Waals surface area contributed by atoms with E-state index in [1.54, 1.807) is 11.0 Å². The summed E-state index contributed by atoms with van der Waals surface area (Å²) in [6.07, 6.45) is 1.50. The van der Waals surface area contributed by atoms with Gasteiger partial charge in [-0.05, 0) is 32.9 Å². The van der Waals surface area contributed by atoms with Gasteiger partial charge in [-0.2, -0.15) is 10.2 Å². The van der Waals surface area contributed by atoms with Gasteiger partial charge in [0.05, 0.1) is 5.69 Å². The number of carbonyl (C=O) groups is 1. The second-order valence-corrected chi connectivity index (χ2v) is 7.36. The Kier molecular flexibility index (Phi) is 5.30. The van der Waals surface area contributed by atoms with E-state index in [0.717, 1.165) is 23.0 Å². The van der Waals surface area contributed by atoms with Crippen molar-refractivity contribution in [3.63, 3.8) is 0 Å². The van der Waals surface area contributed by atoms with E-state index in [4.69, 9.17) is 0 Å². The molecule has 1 aliphatic heterocycles. The van der Waals surface area contributed by atoms with Gasteiger partial charge in [-0.3, -0.25) is 9.59 Å². The highest BCUT2D eigenvalue weighted by Crippen LogP contribution is 2.19. The van der Waals surface area contributed by atoms with Crippen LogP contribution in [0.4, 0.5) is 5.82 Å². The van der Waals surface area contributed by atoms with Crippen molar-refractivity contribution in [2.75, 3.05) is 31.1 Å². The number of carbonyl (C=O) groups excluding carboxylic acids is 1. The number of anilines is 1. The highest BCUT2D eigenvalue weighted by Gasteiger charge is 2.23. The number of aryl methyl sites for hydroxylation is 3. The molecule has 0 spiro atoms. The number of piperazine rings is 1. The Balaban J connectivity index is 1.45. The van der Waals surface area contributed by atoms with Gasteiger partial charge in [-0.15, -0.1) is 0 Å². The van der Waals surface area contributed by atoms with Crippen molar-refractivity contribution in [2.24, 2.45) is 0 Å². The first kappa shape index (κ1) is 19.7. The van der Waals surface area contributed by atoms with E-state index in [9.17, 15) is 9.59 Å². The quantitative estimate of drug-likeness (QED) is 0.619. The van der Waals surface area contributed by atoms with Crippen molar-refractivity contribution in [1.82, 2.24) is 34.4 Å². The van der Waals surface area contributed by atoms with E-state index in [1.165, 1.54) is 16.9 Å². The molecule has 1 aliphatic rings. The summed E-state index contributed by atoms with van der Waals surface area (Å²) in [5.74, 6) is 2.11. The Labute approximate surface area is 173 Å². The van der Waals surface area contributed by atoms with Gasteiger partial charge in [0.25, 0.3) is 5.56 Å². The molecular formula is C20H24N8O2. The normalized spacial score (nSPS) is 14.2. The smallest absolute Gasteiger partial charge is 0.267 e. The second kappa shape index (κ2) is 8.05. The van der Waals surface area contributed by atoms with Crippen LogP contribution in [0, 0.1) is 20.8 Å². The van der Waals surface area contributed by atoms with Crippen molar-refractivity contribution in [3.8, 4) is 5.82 Å². The molecule has 1 saturated heterocycles. The van der Waals surface area contributed by atoms with Gasteiger partial charge >= 0.3 is 0 Å². The molecule has 0 saturated carbocycles. The van der Waals surface area contributed by atoms with E-state index in [-0.39, 0.29) is 18.0 Å². The molecule has 4 rings (SSSR count). The Hall–Kier alpha value is -3.56. The first-order valence-electron chi connectivity index (χ1n) is 9.85. The van der Waals surface area contributed by atoms with Crippen LogP contribution in [0.1, 0.15) is 17.2 Å². The molecule has 10 nitrogen and oxygen atoms in total. The van der Waals surface area contributed by atoms with Gasteiger partial charge < -0.3 is 9.80 Å². The van der Waals surface area contributed by atoms with Crippen LogP contribution in [0.25, 0.3) is 5.82 Å². The van der Waals surface area contributed by atoms with Crippen molar-refractivity contribution in [2.45, 2.75) is 27.3 Å². The molecule has 156 valence electrons. The predicted molar refractivity (Wildman–Crippen MR) is 111 cm³/mol. The maximum atomic E-state index is 12.6. The molecule has 4 heterocycles. The fourth-order valence-electron chi connectivity index (χ4n) is 3.59. The van der Waals surface area contributed by atoms with Crippen molar-refractivity contribution in [1.29, 1.82) is 0 Å². The van der Waals surface area contributed by atoms with Crippen molar-refractivity contribution < 1.29 is 4.79 Å². The minimum atomic E-state index is -0.280. The number of rotatable bonds is 4. The highest BCUT2D eigenvalue weighted by molar-refractivity contribution is 5.76. The molecule has 0 unspecified atom stereocenters. The molecule has 3 aromatic heterocycles. The maximum Gasteiger partial charge on any atom is 0.267 e. The van der Waals surface area contributed by atoms with E-state index in [0.29, 0.717) is 32.0 Å². The van der Waals surface area contributed by atoms with Crippen LogP contribution in [0.2, 0.25) is 0 Å². The molecule has 0 aliphatic carbocycles. The lowest BCUT2D eigenvalue weighted by molar-refractivity contribution is -0.132. The number of nitrogens with zero attached hydrogens (tertiary/aromatic N) is 8. The second-order valence-electron chi connectivity index (χ2n) is 7.36. The number of aromatic nitrogens is 6. The first-order chi connectivity index (χ1) is 14.4. The fourth-order valence-corrected chi connectivity index (χ4v) is 3.59. The third-order valence-electron chi connectivity index (χ3n) is 5.06. The van der Waals surface area contributed by atoms with Crippen LogP contribution in [0.5, 0.6) is 0 Å². The predicted octanol–water partition coefficient (Wildman–Crippen LogP) is 0.493. The molecule has 0 atom stereocenters. The standard InChI is InChI=1S/C20H24N8O2/c1-14-11-15(2)28(24-14)18-12-17(22-16(3)23-18)25-7-9-26(10-8-25)20(30)13-27-19(29)5-4-6-21-27/h4-6,11-12H,7-10,13H2,1-3H3. The zero-order valence-corrected chi connectivity index (χ0v) is 17.3. The lowest BCUT2D eigenvalue weighted by Gasteiger charge is -2.35. The topological polar surface area (TPSA) is 102 Å². The molecule has 10 heteroatoms. The van der Waals surface area contributed by atoms with Crippen LogP contribution >= 0.6 is 0 Å². The minimum Gasteiger partial charge on any atom is -0.353 e. The van der Waals surface area contributed by atoms with Gasteiger partial charge in [-0.25, -0.2) is 19.3 Å². The fraction of sp³-hybridized carbons (Fsp3) is 0.400. The monoisotopic (exact) mass is 408 g/mol. The summed E-state index contributed by atoms with van der Waals surface area (Å²) in [5, 5.41) is 8.46. The van der Waals surface area contributed by atoms with Crippen molar-refractivity contribution in [3.05, 3.63) is 58.0 Å². The molecule has 30 heavy (non-hydrogen) atoms. The molecule has 0 N–H and O–H groups in total. The van der Waals surface area contributed by atoms with Crippen LogP contribution in [0.3, 0.4) is 0 Å². The third-order valence-corrected chi connectivity index (χ3v) is 5.06. The van der Waals surface area contributed by atoms with Gasteiger partial charge in [0.15, 0.2) is 5.82 Å². The molecule has 1 fully saturated rings. The van der Waals surface area contributed by atoms with Gasteiger partial charge in [-0.1, -0.05) is 0 Å². The Morgan fingerprint density at radius 1 is 1.03 bits per heavy atom. The van der Waals surface area contributed by atoms with Crippen LogP contribution in [0.15, 0.2) is 35.3 Å². The van der Waals surface area contributed by atoms with E-state index < -0.39 is 0 Å². The Morgan fingerprint density at radius 3 is 2.43 bits per heavy atom. The zero-order valence-electron chi connectivity index (χ0n) is 17.3. The van der Waals surface area contributed by atoms with Gasteiger partial charge in [0, 0.05) is 50.2 Å². The lowest BCUT2D eigenvalue weighted by atomic mass is 10.3. The summed E-state index contributed by atoms with van der Waals surface area (Å²) in [5.41, 5.74) is 1.67. The van der Waals surface area contributed by atoms with E-state index in [2.05, 4.69) is 25.1 Å². The Bertz CT molecular complexity index is 1130. The SMILES string of the molecule is Cc1cc(C)n(-c2cc(N3CCN(C(=O)Cn4ncccc4=O)CC3)nc(C)n2)n1. The van der Waals surface area contributed by atoms with Crippen molar-refractivity contribution >= 4 is 11.7 Å². The summed E-state index contributed by atoms with van der Waals surface area (Å²) in [6.45, 7) is 8.17. The van der Waals surface area contributed by atoms with E-state index >= 15 is 0 Å². The Morgan fingerprint density at radius 2 is 1.77 bits per heavy atom. The minimum absolute atomic E-state index is 0.0473.